The van der Waals surface area contributed by atoms with Crippen molar-refractivity contribution in [2.45, 2.75) is 44.2 Å². The van der Waals surface area contributed by atoms with E-state index in [1.807, 2.05) is 6.92 Å². The van der Waals surface area contributed by atoms with Crippen molar-refractivity contribution in [1.82, 2.24) is 19.8 Å². The number of unbranched alkanes of at least 4 members (excludes halogenated alkanes) is 1. The minimum absolute atomic E-state index is 0. The molecule has 2 N–H and O–H groups in total. The summed E-state index contributed by atoms with van der Waals surface area (Å²) in [6.07, 6.45) is 2.58. The number of aliphatic imine (C=N–C) groups is 1. The van der Waals surface area contributed by atoms with E-state index < -0.39 is 15.5 Å². The predicted molar refractivity (Wildman–Crippen MR) is 121 cm³/mol. The number of alkyl halides is 3. The van der Waals surface area contributed by atoms with Crippen LogP contribution in [0.5, 0.6) is 0 Å². The number of guanidine groups is 1. The number of nitrogens with zero attached hydrogens (tertiary/aromatic N) is 3. The van der Waals surface area contributed by atoms with Gasteiger partial charge in [0.1, 0.15) is 0 Å². The van der Waals surface area contributed by atoms with Crippen LogP contribution < -0.4 is 10.6 Å². The molecule has 0 aliphatic carbocycles. The van der Waals surface area contributed by atoms with E-state index in [0.717, 1.165) is 45.7 Å². The van der Waals surface area contributed by atoms with Gasteiger partial charge in [0.2, 0.25) is 0 Å². The molecule has 2 aliphatic heterocycles. The molecule has 0 aromatic rings. The topological polar surface area (TPSA) is 86.3 Å². The molecule has 0 spiro atoms. The summed E-state index contributed by atoms with van der Waals surface area (Å²) in [5.74, 6) is 0.621. The Labute approximate surface area is 194 Å². The zero-order valence-electron chi connectivity index (χ0n) is 17.3. The van der Waals surface area contributed by atoms with Crippen molar-refractivity contribution in [3.63, 3.8) is 0 Å². The number of sulfonamides is 1. The maximum Gasteiger partial charge on any atom is 0.511 e. The molecule has 178 valence electrons. The highest BCUT2D eigenvalue weighted by Crippen LogP contribution is 2.28. The van der Waals surface area contributed by atoms with Crippen LogP contribution in [0.4, 0.5) is 13.2 Å². The van der Waals surface area contributed by atoms with Gasteiger partial charge in [-0.2, -0.15) is 17.5 Å². The quantitative estimate of drug-likeness (QED) is 0.199. The lowest BCUT2D eigenvalue weighted by Crippen LogP contribution is -2.51. The molecule has 30 heavy (non-hydrogen) atoms. The van der Waals surface area contributed by atoms with Gasteiger partial charge >= 0.3 is 15.5 Å². The van der Waals surface area contributed by atoms with Gasteiger partial charge < -0.3 is 15.4 Å². The highest BCUT2D eigenvalue weighted by atomic mass is 127. The number of hydrogen-bond acceptors (Lipinski definition) is 5. The molecule has 0 unspecified atom stereocenters. The van der Waals surface area contributed by atoms with Gasteiger partial charge in [-0.1, -0.05) is 0 Å². The van der Waals surface area contributed by atoms with Crippen molar-refractivity contribution in [3.8, 4) is 0 Å². The third kappa shape index (κ3) is 8.63. The lowest BCUT2D eigenvalue weighted by atomic mass is 10.1. The molecule has 0 atom stereocenters. The zero-order valence-corrected chi connectivity index (χ0v) is 20.4. The maximum atomic E-state index is 12.7. The SMILES string of the molecule is CCNC(=NCCCCN1CCOCC1)NC1CCN(S(=O)(=O)C(F)(F)F)CC1.I. The van der Waals surface area contributed by atoms with Crippen molar-refractivity contribution in [2.24, 2.45) is 4.99 Å². The molecular weight excluding hydrogens is 538 g/mol. The average molecular weight is 571 g/mol. The molecule has 0 saturated carbocycles. The van der Waals surface area contributed by atoms with Crippen LogP contribution in [-0.2, 0) is 14.8 Å². The summed E-state index contributed by atoms with van der Waals surface area (Å²) in [4.78, 5) is 6.91. The minimum Gasteiger partial charge on any atom is -0.379 e. The highest BCUT2D eigenvalue weighted by Gasteiger charge is 2.50. The standard InChI is InChI=1S/C17H32F3N5O3S.HI/c1-2-21-16(22-7-3-4-8-24-11-13-28-14-12-24)23-15-5-9-25(10-6-15)29(26,27)17(18,19)20;/h15H,2-14H2,1H3,(H2,21,22,23);1H. The molecule has 0 aromatic heterocycles. The summed E-state index contributed by atoms with van der Waals surface area (Å²) in [6.45, 7) is 7.49. The van der Waals surface area contributed by atoms with E-state index in [2.05, 4.69) is 20.5 Å². The molecule has 2 aliphatic rings. The number of ether oxygens (including phenoxy) is 1. The Balaban J connectivity index is 0.00000450. The molecule has 13 heteroatoms. The fourth-order valence-electron chi connectivity index (χ4n) is 3.36. The van der Waals surface area contributed by atoms with Gasteiger partial charge in [0, 0.05) is 45.3 Å². The Morgan fingerprint density at radius 1 is 1.13 bits per heavy atom. The van der Waals surface area contributed by atoms with Crippen molar-refractivity contribution < 1.29 is 26.3 Å². The summed E-state index contributed by atoms with van der Waals surface area (Å²) in [7, 11) is -5.24. The van der Waals surface area contributed by atoms with Crippen LogP contribution in [0.15, 0.2) is 4.99 Å². The van der Waals surface area contributed by atoms with Crippen LogP contribution >= 0.6 is 24.0 Å². The summed E-state index contributed by atoms with van der Waals surface area (Å²) in [5, 5.41) is 6.35. The van der Waals surface area contributed by atoms with E-state index in [9.17, 15) is 21.6 Å². The van der Waals surface area contributed by atoms with E-state index >= 15 is 0 Å². The Hall–Kier alpha value is -0.380. The van der Waals surface area contributed by atoms with E-state index in [-0.39, 0.29) is 43.1 Å². The first kappa shape index (κ1) is 27.7. The zero-order chi connectivity index (χ0) is 21.3. The predicted octanol–water partition coefficient (Wildman–Crippen LogP) is 1.59. The second-order valence-corrected chi connectivity index (χ2v) is 9.12. The van der Waals surface area contributed by atoms with E-state index in [0.29, 0.717) is 36.2 Å². The van der Waals surface area contributed by atoms with Gasteiger partial charge in [0.15, 0.2) is 5.96 Å². The van der Waals surface area contributed by atoms with Crippen molar-refractivity contribution in [1.29, 1.82) is 0 Å². The van der Waals surface area contributed by atoms with Gasteiger partial charge in [0.25, 0.3) is 0 Å². The molecule has 2 rings (SSSR count). The number of nitrogens with one attached hydrogen (secondary N) is 2. The Bertz CT molecular complexity index is 623. The van der Waals surface area contributed by atoms with Crippen molar-refractivity contribution >= 4 is 40.0 Å². The van der Waals surface area contributed by atoms with E-state index in [4.69, 9.17) is 4.74 Å². The molecule has 8 nitrogen and oxygen atoms in total. The van der Waals surface area contributed by atoms with Crippen LogP contribution in [0.25, 0.3) is 0 Å². The minimum atomic E-state index is -5.25. The fourth-order valence-corrected chi connectivity index (χ4v) is 4.35. The van der Waals surface area contributed by atoms with Gasteiger partial charge in [-0.3, -0.25) is 9.89 Å². The normalized spacial score (nSPS) is 20.6. The van der Waals surface area contributed by atoms with Crippen LogP contribution in [0.3, 0.4) is 0 Å². The number of rotatable bonds is 8. The van der Waals surface area contributed by atoms with E-state index in [1.165, 1.54) is 0 Å². The second-order valence-electron chi connectivity index (χ2n) is 7.19. The maximum absolute atomic E-state index is 12.7. The van der Waals surface area contributed by atoms with Crippen LogP contribution in [-0.4, -0.2) is 94.2 Å². The lowest BCUT2D eigenvalue weighted by Gasteiger charge is -2.32. The fraction of sp³-hybridized carbons (Fsp3) is 0.941. The van der Waals surface area contributed by atoms with E-state index in [1.54, 1.807) is 0 Å². The first-order chi connectivity index (χ1) is 13.7. The van der Waals surface area contributed by atoms with Gasteiger partial charge in [-0.15, -0.1) is 24.0 Å². The highest BCUT2D eigenvalue weighted by molar-refractivity contribution is 14.0. The number of morpholine rings is 1. The Morgan fingerprint density at radius 3 is 2.33 bits per heavy atom. The van der Waals surface area contributed by atoms with Crippen LogP contribution in [0.1, 0.15) is 32.6 Å². The third-order valence-electron chi connectivity index (χ3n) is 5.03. The van der Waals surface area contributed by atoms with Crippen molar-refractivity contribution in [2.75, 3.05) is 59.0 Å². The summed E-state index contributed by atoms with van der Waals surface area (Å²) in [5.41, 5.74) is -5.25. The molecule has 0 radical (unpaired) electrons. The smallest absolute Gasteiger partial charge is 0.379 e. The summed E-state index contributed by atoms with van der Waals surface area (Å²) < 4.78 is 66.8. The average Bonchev–Trinajstić information content (AvgIpc) is 2.68. The molecular formula is C17H33F3IN5O3S. The lowest BCUT2D eigenvalue weighted by molar-refractivity contribution is -0.0494. The monoisotopic (exact) mass is 571 g/mol. The molecule has 0 amide bonds. The van der Waals surface area contributed by atoms with Crippen LogP contribution in [0.2, 0.25) is 0 Å². The third-order valence-corrected chi connectivity index (χ3v) is 6.66. The summed E-state index contributed by atoms with van der Waals surface area (Å²) in [6, 6.07) is -0.110. The molecule has 2 saturated heterocycles. The number of halogens is 4. The molecule has 2 fully saturated rings. The molecule has 0 bridgehead atoms. The second kappa shape index (κ2) is 13.2. The summed E-state index contributed by atoms with van der Waals surface area (Å²) >= 11 is 0. The molecule has 0 aromatic carbocycles. The number of piperidine rings is 1. The largest absolute Gasteiger partial charge is 0.511 e. The first-order valence-corrected chi connectivity index (χ1v) is 11.6. The van der Waals surface area contributed by atoms with Gasteiger partial charge in [-0.25, -0.2) is 8.42 Å². The Morgan fingerprint density at radius 2 is 1.77 bits per heavy atom. The molecule has 2 heterocycles. The Kier molecular flexibility index (Phi) is 12.2. The first-order valence-electron chi connectivity index (χ1n) is 10.2. The van der Waals surface area contributed by atoms with Gasteiger partial charge in [0.05, 0.1) is 13.2 Å². The number of hydrogen-bond donors (Lipinski definition) is 2. The van der Waals surface area contributed by atoms with Gasteiger partial charge in [-0.05, 0) is 39.2 Å². The van der Waals surface area contributed by atoms with Crippen molar-refractivity contribution in [3.05, 3.63) is 0 Å². The van der Waals surface area contributed by atoms with Crippen LogP contribution in [0, 0.1) is 0 Å².